The normalized spacial score (nSPS) is 21.7. The number of rotatable bonds is 3. The van der Waals surface area contributed by atoms with Gasteiger partial charge in [0.25, 0.3) is 0 Å². The van der Waals surface area contributed by atoms with Crippen molar-refractivity contribution in [3.8, 4) is 5.75 Å². The van der Waals surface area contributed by atoms with Crippen LogP contribution in [-0.4, -0.2) is 108 Å². The number of hydrogen-bond acceptors (Lipinski definition) is 11. The van der Waals surface area contributed by atoms with Crippen LogP contribution in [-0.2, 0) is 25.9 Å². The van der Waals surface area contributed by atoms with Gasteiger partial charge in [-0.1, -0.05) is 6.07 Å². The monoisotopic (exact) mass is 670 g/mol. The third-order valence-electron chi connectivity index (χ3n) is 8.92. The summed E-state index contributed by atoms with van der Waals surface area (Å²) in [4.78, 5) is 43.3. The Labute approximate surface area is 277 Å². The number of benzene rings is 1. The Morgan fingerprint density at radius 1 is 0.894 bits per heavy atom. The van der Waals surface area contributed by atoms with Crippen LogP contribution in [0.2, 0.25) is 0 Å². The predicted molar refractivity (Wildman–Crippen MR) is 177 cm³/mol. The molecular formula is C33H46N6O7S. The van der Waals surface area contributed by atoms with Crippen LogP contribution in [0.3, 0.4) is 0 Å². The van der Waals surface area contributed by atoms with Gasteiger partial charge in [0.05, 0.1) is 22.8 Å². The number of fused-ring (bicyclic) bond motifs is 2. The first-order valence-electron chi connectivity index (χ1n) is 16.3. The molecular weight excluding hydrogens is 624 g/mol. The van der Waals surface area contributed by atoms with Crippen molar-refractivity contribution in [2.45, 2.75) is 84.7 Å². The molecule has 14 heteroatoms. The van der Waals surface area contributed by atoms with Gasteiger partial charge in [-0.3, -0.25) is 4.90 Å². The van der Waals surface area contributed by atoms with Gasteiger partial charge in [-0.05, 0) is 72.1 Å². The van der Waals surface area contributed by atoms with Crippen molar-refractivity contribution in [1.82, 2.24) is 19.8 Å². The molecule has 47 heavy (non-hydrogen) atoms. The topological polar surface area (TPSA) is 135 Å². The minimum atomic E-state index is -3.11. The Kier molecular flexibility index (Phi) is 8.56. The maximum Gasteiger partial charge on any atom is 0.420 e. The largest absolute Gasteiger partial charge is 0.486 e. The summed E-state index contributed by atoms with van der Waals surface area (Å²) in [6.07, 6.45) is 1.45. The molecule has 4 aliphatic rings. The summed E-state index contributed by atoms with van der Waals surface area (Å²) in [5.74, 6) is 1.76. The van der Waals surface area contributed by atoms with Gasteiger partial charge in [0.2, 0.25) is 0 Å². The molecule has 13 nitrogen and oxygen atoms in total. The molecule has 2 amide bonds. The van der Waals surface area contributed by atoms with Crippen molar-refractivity contribution >= 4 is 39.3 Å². The number of nitrogens with zero attached hydrogens (tertiary/aromatic N) is 6. The Balaban J connectivity index is 1.27. The van der Waals surface area contributed by atoms with Crippen LogP contribution >= 0.6 is 0 Å². The molecule has 1 atom stereocenters. The fraction of sp³-hybridized carbons (Fsp3) is 0.636. The highest BCUT2D eigenvalue weighted by atomic mass is 32.2. The maximum atomic E-state index is 14.0. The number of carbonyl (C=O) groups excluding carboxylic acids is 2. The molecule has 1 aromatic carbocycles. The van der Waals surface area contributed by atoms with Gasteiger partial charge >= 0.3 is 12.2 Å². The Morgan fingerprint density at radius 2 is 1.53 bits per heavy atom. The number of sulfone groups is 1. The number of anilines is 3. The van der Waals surface area contributed by atoms with Crippen LogP contribution in [0.15, 0.2) is 18.5 Å². The molecule has 1 aromatic heterocycles. The molecule has 5 heterocycles. The maximum absolute atomic E-state index is 14.0. The van der Waals surface area contributed by atoms with Crippen LogP contribution in [0.25, 0.3) is 0 Å². The van der Waals surface area contributed by atoms with E-state index in [2.05, 4.69) is 20.9 Å². The molecule has 6 rings (SSSR count). The van der Waals surface area contributed by atoms with E-state index in [0.717, 1.165) is 30.6 Å². The first-order chi connectivity index (χ1) is 22.0. The minimum Gasteiger partial charge on any atom is -0.486 e. The third kappa shape index (κ3) is 7.13. The van der Waals surface area contributed by atoms with E-state index < -0.39 is 27.1 Å². The number of carbonyl (C=O) groups is 2. The molecule has 0 radical (unpaired) electrons. The van der Waals surface area contributed by atoms with E-state index in [9.17, 15) is 18.0 Å². The lowest BCUT2D eigenvalue weighted by Gasteiger charge is -2.43. The quantitative estimate of drug-likeness (QED) is 0.460. The highest BCUT2D eigenvalue weighted by Crippen LogP contribution is 2.46. The molecule has 0 saturated carbocycles. The fourth-order valence-electron chi connectivity index (χ4n) is 6.59. The predicted octanol–water partition coefficient (Wildman–Crippen LogP) is 4.39. The number of likely N-dealkylation sites (tertiary alicyclic amines) is 2. The fourth-order valence-corrected chi connectivity index (χ4v) is 7.79. The average molecular weight is 671 g/mol. The van der Waals surface area contributed by atoms with Gasteiger partial charge in [-0.25, -0.2) is 32.9 Å². The second-order valence-corrected chi connectivity index (χ2v) is 17.3. The summed E-state index contributed by atoms with van der Waals surface area (Å²) in [7, 11) is -3.11. The SMILES string of the molecule is Cc1cc(C2CN([C@H]3CCN(C(=O)OC(C)(C)C)C3)C2)cc2c1OCc1c(N3CCS(=O)(=O)CC3)ncnc1N2C(=O)OC(C)(C)C. The van der Waals surface area contributed by atoms with Gasteiger partial charge in [-0.15, -0.1) is 0 Å². The molecule has 256 valence electrons. The second-order valence-electron chi connectivity index (χ2n) is 14.9. The van der Waals surface area contributed by atoms with Crippen molar-refractivity contribution in [1.29, 1.82) is 0 Å². The Bertz CT molecular complexity index is 1650. The summed E-state index contributed by atoms with van der Waals surface area (Å²) in [6.45, 7) is 16.7. The van der Waals surface area contributed by atoms with E-state index in [-0.39, 0.29) is 36.2 Å². The van der Waals surface area contributed by atoms with Crippen LogP contribution in [0, 0.1) is 6.92 Å². The highest BCUT2D eigenvalue weighted by molar-refractivity contribution is 7.91. The summed E-state index contributed by atoms with van der Waals surface area (Å²) < 4.78 is 42.2. The van der Waals surface area contributed by atoms with Gasteiger partial charge in [0.1, 0.15) is 35.7 Å². The second kappa shape index (κ2) is 12.1. The lowest BCUT2D eigenvalue weighted by Crippen LogP contribution is -2.52. The Hall–Kier alpha value is -3.65. The first-order valence-corrected chi connectivity index (χ1v) is 18.1. The molecule has 0 N–H and O–H groups in total. The van der Waals surface area contributed by atoms with Crippen molar-refractivity contribution in [3.63, 3.8) is 0 Å². The minimum absolute atomic E-state index is 0.0312. The van der Waals surface area contributed by atoms with E-state index in [1.165, 1.54) is 11.2 Å². The standard InChI is InChI=1S/C33H46N6O7S/c1-21-14-22(23-16-38(17-23)24-8-9-37(18-24)30(40)45-32(2,3)4)15-26-27(21)44-19-25-28(36-10-12-47(42,43)13-11-36)34-20-35-29(25)39(26)31(41)46-33(5,6)7/h14-15,20,23-24H,8-13,16-19H2,1-7H3/t24-/m0/s1. The van der Waals surface area contributed by atoms with Crippen LogP contribution in [0.4, 0.5) is 26.9 Å². The molecule has 0 bridgehead atoms. The van der Waals surface area contributed by atoms with Gasteiger partial charge < -0.3 is 24.0 Å². The molecule has 0 aliphatic carbocycles. The van der Waals surface area contributed by atoms with E-state index in [4.69, 9.17) is 14.2 Å². The zero-order valence-electron chi connectivity index (χ0n) is 28.4. The van der Waals surface area contributed by atoms with Crippen molar-refractivity contribution in [3.05, 3.63) is 35.2 Å². The zero-order chi connectivity index (χ0) is 33.9. The number of ether oxygens (including phenoxy) is 3. The molecule has 3 fully saturated rings. The zero-order valence-corrected chi connectivity index (χ0v) is 29.2. The number of hydrogen-bond donors (Lipinski definition) is 0. The van der Waals surface area contributed by atoms with Crippen LogP contribution in [0.5, 0.6) is 5.75 Å². The van der Waals surface area contributed by atoms with Gasteiger partial charge in [0.15, 0.2) is 15.7 Å². The van der Waals surface area contributed by atoms with Crippen molar-refractivity contribution < 1.29 is 32.2 Å². The van der Waals surface area contributed by atoms with E-state index in [1.54, 1.807) is 4.90 Å². The number of aryl methyl sites for hydroxylation is 1. The molecule has 0 unspecified atom stereocenters. The first kappa shape index (κ1) is 33.3. The third-order valence-corrected chi connectivity index (χ3v) is 10.5. The summed E-state index contributed by atoms with van der Waals surface area (Å²) in [5.41, 5.74) is 1.82. The molecule has 2 aromatic rings. The summed E-state index contributed by atoms with van der Waals surface area (Å²) >= 11 is 0. The summed E-state index contributed by atoms with van der Waals surface area (Å²) in [6, 6.07) is 4.39. The number of aromatic nitrogens is 2. The van der Waals surface area contributed by atoms with E-state index in [0.29, 0.717) is 54.8 Å². The highest BCUT2D eigenvalue weighted by Gasteiger charge is 2.41. The average Bonchev–Trinajstić information content (AvgIpc) is 3.33. The smallest absolute Gasteiger partial charge is 0.420 e. The van der Waals surface area contributed by atoms with Gasteiger partial charge in [-0.2, -0.15) is 0 Å². The summed E-state index contributed by atoms with van der Waals surface area (Å²) in [5, 5.41) is 0. The number of amides is 2. The van der Waals surface area contributed by atoms with Crippen molar-refractivity contribution in [2.75, 3.05) is 60.6 Å². The molecule has 3 saturated heterocycles. The van der Waals surface area contributed by atoms with E-state index >= 15 is 0 Å². The van der Waals surface area contributed by atoms with Crippen LogP contribution < -0.4 is 14.5 Å². The van der Waals surface area contributed by atoms with E-state index in [1.807, 2.05) is 59.4 Å². The molecule has 0 spiro atoms. The van der Waals surface area contributed by atoms with Gasteiger partial charge in [0, 0.05) is 51.2 Å². The Morgan fingerprint density at radius 3 is 2.19 bits per heavy atom. The van der Waals surface area contributed by atoms with Crippen LogP contribution in [0.1, 0.15) is 70.6 Å². The van der Waals surface area contributed by atoms with Crippen molar-refractivity contribution in [2.24, 2.45) is 0 Å². The lowest BCUT2D eigenvalue weighted by atomic mass is 9.88. The molecule has 4 aliphatic heterocycles. The lowest BCUT2D eigenvalue weighted by molar-refractivity contribution is 0.0260.